The highest BCUT2D eigenvalue weighted by atomic mass is 79.9. The van der Waals surface area contributed by atoms with Crippen molar-refractivity contribution in [1.29, 1.82) is 0 Å². The molecule has 0 aliphatic carbocycles. The SMILES string of the molecule is COC(=O)C(O)CNC(=O)COc1ccc(Br)cc1Cl. The number of rotatable bonds is 6. The van der Waals surface area contributed by atoms with Crippen molar-refractivity contribution in [2.24, 2.45) is 0 Å². The van der Waals surface area contributed by atoms with Crippen LogP contribution in [-0.4, -0.2) is 43.3 Å². The van der Waals surface area contributed by atoms with Gasteiger partial charge in [-0.15, -0.1) is 0 Å². The molecule has 0 fully saturated rings. The molecular formula is C12H13BrClNO5. The summed E-state index contributed by atoms with van der Waals surface area (Å²) in [6.07, 6.45) is -1.40. The monoisotopic (exact) mass is 365 g/mol. The van der Waals surface area contributed by atoms with E-state index in [1.807, 2.05) is 0 Å². The molecule has 0 aliphatic heterocycles. The molecule has 6 nitrogen and oxygen atoms in total. The summed E-state index contributed by atoms with van der Waals surface area (Å²) in [4.78, 5) is 22.4. The van der Waals surface area contributed by atoms with E-state index in [4.69, 9.17) is 16.3 Å². The van der Waals surface area contributed by atoms with Crippen LogP contribution in [0.1, 0.15) is 0 Å². The number of aliphatic hydroxyl groups is 1. The van der Waals surface area contributed by atoms with Crippen LogP contribution in [0.3, 0.4) is 0 Å². The summed E-state index contributed by atoms with van der Waals surface area (Å²) in [5, 5.41) is 12.0. The standard InChI is InChI=1S/C12H13BrClNO5/c1-19-12(18)9(16)5-15-11(17)6-20-10-3-2-7(13)4-8(10)14/h2-4,9,16H,5-6H2,1H3,(H,15,17). The Morgan fingerprint density at radius 2 is 2.20 bits per heavy atom. The molecule has 0 heterocycles. The molecular weight excluding hydrogens is 353 g/mol. The van der Waals surface area contributed by atoms with E-state index in [1.54, 1.807) is 18.2 Å². The Morgan fingerprint density at radius 3 is 2.80 bits per heavy atom. The average molecular weight is 367 g/mol. The van der Waals surface area contributed by atoms with Crippen LogP contribution in [0.25, 0.3) is 0 Å². The summed E-state index contributed by atoms with van der Waals surface area (Å²) in [5.41, 5.74) is 0. The second-order valence-corrected chi connectivity index (χ2v) is 5.03. The van der Waals surface area contributed by atoms with Gasteiger partial charge in [0.1, 0.15) is 5.75 Å². The van der Waals surface area contributed by atoms with Gasteiger partial charge in [-0.3, -0.25) is 4.79 Å². The number of carbonyl (C=O) groups excluding carboxylic acids is 2. The van der Waals surface area contributed by atoms with Gasteiger partial charge in [-0.2, -0.15) is 0 Å². The number of amides is 1. The van der Waals surface area contributed by atoms with Crippen molar-refractivity contribution >= 4 is 39.4 Å². The van der Waals surface area contributed by atoms with Crippen molar-refractivity contribution in [3.8, 4) is 5.75 Å². The van der Waals surface area contributed by atoms with E-state index in [-0.39, 0.29) is 13.2 Å². The van der Waals surface area contributed by atoms with E-state index in [0.29, 0.717) is 10.8 Å². The summed E-state index contributed by atoms with van der Waals surface area (Å²) >= 11 is 9.16. The zero-order valence-corrected chi connectivity index (χ0v) is 12.9. The maximum absolute atomic E-state index is 11.5. The first-order valence-corrected chi connectivity index (χ1v) is 6.71. The molecule has 0 aromatic heterocycles. The number of hydrogen-bond acceptors (Lipinski definition) is 5. The van der Waals surface area contributed by atoms with Crippen LogP contribution in [0.4, 0.5) is 0 Å². The molecule has 1 aromatic carbocycles. The molecule has 0 aliphatic rings. The minimum absolute atomic E-state index is 0.247. The second kappa shape index (κ2) is 8.08. The van der Waals surface area contributed by atoms with Crippen molar-refractivity contribution < 1.29 is 24.2 Å². The minimum Gasteiger partial charge on any atom is -0.482 e. The molecule has 20 heavy (non-hydrogen) atoms. The number of esters is 1. The Morgan fingerprint density at radius 1 is 1.50 bits per heavy atom. The van der Waals surface area contributed by atoms with Gasteiger partial charge in [0, 0.05) is 4.47 Å². The highest BCUT2D eigenvalue weighted by Crippen LogP contribution is 2.27. The van der Waals surface area contributed by atoms with Gasteiger partial charge < -0.3 is 19.9 Å². The summed E-state index contributed by atoms with van der Waals surface area (Å²) in [7, 11) is 1.14. The number of methoxy groups -OCH3 is 1. The zero-order chi connectivity index (χ0) is 15.1. The maximum Gasteiger partial charge on any atom is 0.336 e. The van der Waals surface area contributed by atoms with Crippen molar-refractivity contribution in [2.75, 3.05) is 20.3 Å². The normalized spacial score (nSPS) is 11.6. The fraction of sp³-hybridized carbons (Fsp3) is 0.333. The zero-order valence-electron chi connectivity index (χ0n) is 10.6. The number of ether oxygens (including phenoxy) is 2. The van der Waals surface area contributed by atoms with Gasteiger partial charge in [0.2, 0.25) is 0 Å². The lowest BCUT2D eigenvalue weighted by atomic mass is 10.3. The predicted molar refractivity (Wildman–Crippen MR) is 75.7 cm³/mol. The molecule has 110 valence electrons. The Bertz CT molecular complexity index is 497. The van der Waals surface area contributed by atoms with Gasteiger partial charge in [-0.05, 0) is 18.2 Å². The predicted octanol–water partition coefficient (Wildman–Crippen LogP) is 1.13. The molecule has 0 spiro atoms. The van der Waals surface area contributed by atoms with Crippen LogP contribution in [0.2, 0.25) is 5.02 Å². The minimum atomic E-state index is -1.40. The third kappa shape index (κ3) is 5.36. The van der Waals surface area contributed by atoms with E-state index in [2.05, 4.69) is 26.0 Å². The molecule has 0 bridgehead atoms. The first-order chi connectivity index (χ1) is 9.43. The smallest absolute Gasteiger partial charge is 0.336 e. The van der Waals surface area contributed by atoms with E-state index in [1.165, 1.54) is 0 Å². The van der Waals surface area contributed by atoms with Crippen molar-refractivity contribution in [3.05, 3.63) is 27.7 Å². The molecule has 1 aromatic rings. The van der Waals surface area contributed by atoms with Crippen molar-refractivity contribution in [1.82, 2.24) is 5.32 Å². The van der Waals surface area contributed by atoms with Gasteiger partial charge in [0.15, 0.2) is 12.7 Å². The van der Waals surface area contributed by atoms with Gasteiger partial charge in [-0.25, -0.2) is 4.79 Å². The first kappa shape index (κ1) is 16.7. The number of hydrogen-bond donors (Lipinski definition) is 2. The fourth-order valence-electron chi connectivity index (χ4n) is 1.22. The molecule has 0 saturated carbocycles. The highest BCUT2D eigenvalue weighted by molar-refractivity contribution is 9.10. The molecule has 1 unspecified atom stereocenters. The Balaban J connectivity index is 2.38. The third-order valence-electron chi connectivity index (χ3n) is 2.22. The van der Waals surface area contributed by atoms with E-state index >= 15 is 0 Å². The summed E-state index contributed by atoms with van der Waals surface area (Å²) in [6, 6.07) is 4.97. The average Bonchev–Trinajstić information content (AvgIpc) is 2.42. The summed E-state index contributed by atoms with van der Waals surface area (Å²) < 4.78 is 10.3. The van der Waals surface area contributed by atoms with Crippen molar-refractivity contribution in [3.63, 3.8) is 0 Å². The van der Waals surface area contributed by atoms with E-state index < -0.39 is 18.0 Å². The topological polar surface area (TPSA) is 84.9 Å². The number of benzene rings is 1. The lowest BCUT2D eigenvalue weighted by Gasteiger charge is -2.11. The summed E-state index contributed by atoms with van der Waals surface area (Å²) in [5.74, 6) is -0.951. The van der Waals surface area contributed by atoms with Crippen LogP contribution < -0.4 is 10.1 Å². The first-order valence-electron chi connectivity index (χ1n) is 5.54. The van der Waals surface area contributed by atoms with Gasteiger partial charge in [-0.1, -0.05) is 27.5 Å². The second-order valence-electron chi connectivity index (χ2n) is 3.71. The lowest BCUT2D eigenvalue weighted by Crippen LogP contribution is -2.39. The number of carbonyl (C=O) groups is 2. The quantitative estimate of drug-likeness (QED) is 0.737. The number of aliphatic hydroxyl groups excluding tert-OH is 1. The van der Waals surface area contributed by atoms with Gasteiger partial charge in [0.25, 0.3) is 5.91 Å². The molecule has 2 N–H and O–H groups in total. The molecule has 1 amide bonds. The van der Waals surface area contributed by atoms with Crippen molar-refractivity contribution in [2.45, 2.75) is 6.10 Å². The van der Waals surface area contributed by atoms with Crippen LogP contribution in [0.5, 0.6) is 5.75 Å². The Hall–Kier alpha value is -1.31. The molecule has 0 radical (unpaired) electrons. The highest BCUT2D eigenvalue weighted by Gasteiger charge is 2.16. The number of nitrogens with one attached hydrogen (secondary N) is 1. The molecule has 1 atom stereocenters. The lowest BCUT2D eigenvalue weighted by molar-refractivity contribution is -0.150. The summed E-state index contributed by atoms with van der Waals surface area (Å²) in [6.45, 7) is -0.530. The fourth-order valence-corrected chi connectivity index (χ4v) is 1.94. The van der Waals surface area contributed by atoms with Gasteiger partial charge >= 0.3 is 5.97 Å². The Labute approximate surface area is 129 Å². The van der Waals surface area contributed by atoms with E-state index in [9.17, 15) is 14.7 Å². The van der Waals surface area contributed by atoms with Crippen LogP contribution in [0, 0.1) is 0 Å². The van der Waals surface area contributed by atoms with Crippen LogP contribution in [0.15, 0.2) is 22.7 Å². The molecule has 8 heteroatoms. The molecule has 1 rings (SSSR count). The van der Waals surface area contributed by atoms with Crippen LogP contribution >= 0.6 is 27.5 Å². The van der Waals surface area contributed by atoms with Crippen LogP contribution in [-0.2, 0) is 14.3 Å². The number of halogens is 2. The largest absolute Gasteiger partial charge is 0.482 e. The van der Waals surface area contributed by atoms with E-state index in [0.717, 1.165) is 11.6 Å². The Kier molecular flexibility index (Phi) is 6.77. The third-order valence-corrected chi connectivity index (χ3v) is 3.01. The maximum atomic E-state index is 11.5. The van der Waals surface area contributed by atoms with Gasteiger partial charge in [0.05, 0.1) is 18.7 Å². The molecule has 0 saturated heterocycles.